The van der Waals surface area contributed by atoms with Gasteiger partial charge in [0.25, 0.3) is 0 Å². The lowest BCUT2D eigenvalue weighted by Crippen LogP contribution is -2.07. The molecule has 0 aliphatic carbocycles. The van der Waals surface area contributed by atoms with Crippen molar-refractivity contribution in [3.63, 3.8) is 0 Å². The number of hydrogen-bond acceptors (Lipinski definition) is 3. The lowest BCUT2D eigenvalue weighted by Gasteiger charge is -2.10. The molecule has 0 aliphatic heterocycles. The van der Waals surface area contributed by atoms with Crippen LogP contribution in [0.4, 0.5) is 5.82 Å². The number of unbranched alkanes of at least 4 members (excludes halogenated alkanes) is 7. The lowest BCUT2D eigenvalue weighted by molar-refractivity contribution is 0.581. The van der Waals surface area contributed by atoms with E-state index in [0.29, 0.717) is 5.56 Å². The minimum atomic E-state index is 0.681. The summed E-state index contributed by atoms with van der Waals surface area (Å²) in [6.45, 7) is 7.09. The normalized spacial score (nSPS) is 10.4. The number of nitrogens with one attached hydrogen (secondary N) is 1. The van der Waals surface area contributed by atoms with Gasteiger partial charge in [0.15, 0.2) is 0 Å². The second-order valence-corrected chi connectivity index (χ2v) is 5.82. The zero-order valence-electron chi connectivity index (χ0n) is 13.8. The van der Waals surface area contributed by atoms with Gasteiger partial charge in [0.1, 0.15) is 11.9 Å². The van der Waals surface area contributed by atoms with Crippen LogP contribution in [0.3, 0.4) is 0 Å². The summed E-state index contributed by atoms with van der Waals surface area (Å²) in [6.07, 6.45) is 10.5. The fourth-order valence-electron chi connectivity index (χ4n) is 2.57. The molecule has 0 saturated carbocycles. The summed E-state index contributed by atoms with van der Waals surface area (Å²) >= 11 is 0. The van der Waals surface area contributed by atoms with Crippen LogP contribution in [0.15, 0.2) is 6.07 Å². The van der Waals surface area contributed by atoms with Crippen molar-refractivity contribution in [2.45, 2.75) is 72.1 Å². The summed E-state index contributed by atoms with van der Waals surface area (Å²) < 4.78 is 0. The maximum Gasteiger partial charge on any atom is 0.144 e. The molecule has 0 bridgehead atoms. The van der Waals surface area contributed by atoms with E-state index in [1.54, 1.807) is 0 Å². The molecule has 1 rings (SSSR count). The van der Waals surface area contributed by atoms with Gasteiger partial charge in [-0.2, -0.15) is 5.26 Å². The van der Waals surface area contributed by atoms with Crippen LogP contribution in [0.25, 0.3) is 0 Å². The molecule has 0 unspecified atom stereocenters. The quantitative estimate of drug-likeness (QED) is 0.607. The second kappa shape index (κ2) is 10.2. The molecule has 3 nitrogen and oxygen atoms in total. The van der Waals surface area contributed by atoms with E-state index >= 15 is 0 Å². The van der Waals surface area contributed by atoms with Gasteiger partial charge in [0.2, 0.25) is 0 Å². The first-order chi connectivity index (χ1) is 10.2. The Hall–Kier alpha value is -1.56. The highest BCUT2D eigenvalue weighted by molar-refractivity contribution is 5.56. The van der Waals surface area contributed by atoms with E-state index in [0.717, 1.165) is 30.0 Å². The number of anilines is 1. The summed E-state index contributed by atoms with van der Waals surface area (Å²) in [7, 11) is 0. The van der Waals surface area contributed by atoms with Crippen molar-refractivity contribution in [2.75, 3.05) is 11.9 Å². The topological polar surface area (TPSA) is 48.7 Å². The zero-order valence-corrected chi connectivity index (χ0v) is 13.8. The summed E-state index contributed by atoms with van der Waals surface area (Å²) in [6, 6.07) is 4.21. The Morgan fingerprint density at radius 3 is 2.29 bits per heavy atom. The smallest absolute Gasteiger partial charge is 0.144 e. The van der Waals surface area contributed by atoms with E-state index in [9.17, 15) is 5.26 Å². The van der Waals surface area contributed by atoms with Gasteiger partial charge in [-0.3, -0.25) is 0 Å². The molecule has 1 N–H and O–H groups in total. The Morgan fingerprint density at radius 1 is 1.05 bits per heavy atom. The highest BCUT2D eigenvalue weighted by Crippen LogP contribution is 2.17. The van der Waals surface area contributed by atoms with Gasteiger partial charge < -0.3 is 5.32 Å². The molecule has 0 aliphatic rings. The largest absolute Gasteiger partial charge is 0.369 e. The van der Waals surface area contributed by atoms with E-state index in [4.69, 9.17) is 0 Å². The van der Waals surface area contributed by atoms with E-state index in [-0.39, 0.29) is 0 Å². The molecule has 21 heavy (non-hydrogen) atoms. The number of pyridine rings is 1. The van der Waals surface area contributed by atoms with Crippen molar-refractivity contribution >= 4 is 5.82 Å². The van der Waals surface area contributed by atoms with Crippen LogP contribution < -0.4 is 5.32 Å². The van der Waals surface area contributed by atoms with Gasteiger partial charge in [-0.1, -0.05) is 51.9 Å². The van der Waals surface area contributed by atoms with Gasteiger partial charge in [-0.25, -0.2) is 4.98 Å². The Morgan fingerprint density at radius 2 is 1.67 bits per heavy atom. The first-order valence-corrected chi connectivity index (χ1v) is 8.31. The fourth-order valence-corrected chi connectivity index (χ4v) is 2.57. The maximum atomic E-state index is 9.20. The molecule has 0 atom stereocenters. The summed E-state index contributed by atoms with van der Waals surface area (Å²) in [5.41, 5.74) is 2.65. The summed E-state index contributed by atoms with van der Waals surface area (Å²) in [4.78, 5) is 4.44. The average Bonchev–Trinajstić information content (AvgIpc) is 2.45. The predicted octanol–water partition coefficient (Wildman–Crippen LogP) is 5.12. The van der Waals surface area contributed by atoms with Crippen molar-refractivity contribution in [3.05, 3.63) is 22.9 Å². The molecule has 0 saturated heterocycles. The molecule has 0 amide bonds. The van der Waals surface area contributed by atoms with Gasteiger partial charge in [-0.05, 0) is 31.9 Å². The lowest BCUT2D eigenvalue weighted by atomic mass is 10.1. The second-order valence-electron chi connectivity index (χ2n) is 5.82. The number of hydrogen-bond donors (Lipinski definition) is 1. The third-order valence-electron chi connectivity index (χ3n) is 3.78. The van der Waals surface area contributed by atoms with Crippen molar-refractivity contribution in [3.8, 4) is 6.07 Å². The molecule has 116 valence electrons. The Kier molecular flexibility index (Phi) is 8.50. The third-order valence-corrected chi connectivity index (χ3v) is 3.78. The van der Waals surface area contributed by atoms with Crippen LogP contribution in [-0.2, 0) is 0 Å². The van der Waals surface area contributed by atoms with Crippen molar-refractivity contribution in [2.24, 2.45) is 0 Å². The van der Waals surface area contributed by atoms with Gasteiger partial charge in [0.05, 0.1) is 5.56 Å². The van der Waals surface area contributed by atoms with E-state index in [1.165, 1.54) is 44.9 Å². The molecule has 0 spiro atoms. The fraction of sp³-hybridized carbons (Fsp3) is 0.667. The van der Waals surface area contributed by atoms with Crippen LogP contribution in [0.5, 0.6) is 0 Å². The molecular weight excluding hydrogens is 258 g/mol. The SMILES string of the molecule is CCCCCCCCCCNc1nc(C)cc(C)c1C#N. The number of rotatable bonds is 10. The molecule has 3 heteroatoms. The van der Waals surface area contributed by atoms with Crippen molar-refractivity contribution in [1.82, 2.24) is 4.98 Å². The number of aryl methyl sites for hydroxylation is 2. The van der Waals surface area contributed by atoms with Gasteiger partial charge in [0, 0.05) is 12.2 Å². The van der Waals surface area contributed by atoms with E-state index in [2.05, 4.69) is 23.3 Å². The molecule has 0 aromatic carbocycles. The predicted molar refractivity (Wildman–Crippen MR) is 89.5 cm³/mol. The Labute approximate surface area is 129 Å². The number of aromatic nitrogens is 1. The van der Waals surface area contributed by atoms with Crippen molar-refractivity contribution < 1.29 is 0 Å². The standard InChI is InChI=1S/C18H29N3/c1-4-5-6-7-8-9-10-11-12-20-18-17(14-19)15(2)13-16(3)21-18/h13H,4-12H2,1-3H3,(H,20,21). The average molecular weight is 287 g/mol. The van der Waals surface area contributed by atoms with Crippen LogP contribution in [0.2, 0.25) is 0 Å². The summed E-state index contributed by atoms with van der Waals surface area (Å²) in [5, 5.41) is 12.5. The molecular formula is C18H29N3. The molecule has 1 aromatic rings. The molecule has 0 radical (unpaired) electrons. The van der Waals surface area contributed by atoms with Gasteiger partial charge in [-0.15, -0.1) is 0 Å². The van der Waals surface area contributed by atoms with E-state index in [1.807, 2.05) is 19.9 Å². The molecule has 1 aromatic heterocycles. The Balaban J connectivity index is 2.23. The monoisotopic (exact) mass is 287 g/mol. The van der Waals surface area contributed by atoms with Crippen LogP contribution in [0.1, 0.15) is 75.1 Å². The molecule has 1 heterocycles. The van der Waals surface area contributed by atoms with E-state index < -0.39 is 0 Å². The first-order valence-electron chi connectivity index (χ1n) is 8.31. The summed E-state index contributed by atoms with van der Waals surface area (Å²) in [5.74, 6) is 0.748. The Bertz CT molecular complexity index is 460. The molecule has 0 fully saturated rings. The first kappa shape index (κ1) is 17.5. The van der Waals surface area contributed by atoms with Crippen LogP contribution in [0, 0.1) is 25.2 Å². The maximum absolute atomic E-state index is 9.20. The van der Waals surface area contributed by atoms with Crippen LogP contribution in [-0.4, -0.2) is 11.5 Å². The van der Waals surface area contributed by atoms with Crippen LogP contribution >= 0.6 is 0 Å². The van der Waals surface area contributed by atoms with Crippen molar-refractivity contribution in [1.29, 1.82) is 5.26 Å². The third kappa shape index (κ3) is 6.62. The highest BCUT2D eigenvalue weighted by Gasteiger charge is 2.07. The minimum Gasteiger partial charge on any atom is -0.369 e. The van der Waals surface area contributed by atoms with Gasteiger partial charge >= 0.3 is 0 Å². The highest BCUT2D eigenvalue weighted by atomic mass is 15.0. The number of nitrogens with zero attached hydrogens (tertiary/aromatic N) is 2. The minimum absolute atomic E-state index is 0.681. The zero-order chi connectivity index (χ0) is 15.5. The number of nitriles is 1.